The minimum absolute atomic E-state index is 0.802. The first-order chi connectivity index (χ1) is 10.3. The Morgan fingerprint density at radius 2 is 2.19 bits per heavy atom. The molecule has 0 amide bonds. The van der Waals surface area contributed by atoms with Gasteiger partial charge in [0.1, 0.15) is 5.82 Å². The van der Waals surface area contributed by atoms with E-state index >= 15 is 0 Å². The van der Waals surface area contributed by atoms with E-state index in [1.165, 1.54) is 22.5 Å². The topological polar surface area (TPSA) is 37.8 Å². The van der Waals surface area contributed by atoms with Crippen LogP contribution in [0.3, 0.4) is 0 Å². The lowest BCUT2D eigenvalue weighted by Crippen LogP contribution is -2.27. The summed E-state index contributed by atoms with van der Waals surface area (Å²) in [7, 11) is 0. The lowest BCUT2D eigenvalue weighted by atomic mass is 10.0. The summed E-state index contributed by atoms with van der Waals surface area (Å²) >= 11 is 3.53. The van der Waals surface area contributed by atoms with Crippen molar-refractivity contribution in [3.8, 4) is 0 Å². The van der Waals surface area contributed by atoms with Gasteiger partial charge in [-0.15, -0.1) is 0 Å². The summed E-state index contributed by atoms with van der Waals surface area (Å²) in [6, 6.07) is 8.39. The molecule has 0 saturated carbocycles. The molecule has 0 bridgehead atoms. The predicted molar refractivity (Wildman–Crippen MR) is 88.4 cm³/mol. The Morgan fingerprint density at radius 3 is 3.00 bits per heavy atom. The standard InChI is InChI=1S/C17H20BrN3/c1-2-4-15-14-11-19-8-7-16(14)21-17(20-15)10-12-5-3-6-13(18)9-12/h3,5-6,9,19H,2,4,7-8,10-11H2,1H3. The van der Waals surface area contributed by atoms with Crippen molar-refractivity contribution in [1.82, 2.24) is 15.3 Å². The highest BCUT2D eigenvalue weighted by Crippen LogP contribution is 2.19. The van der Waals surface area contributed by atoms with E-state index in [9.17, 15) is 0 Å². The zero-order chi connectivity index (χ0) is 14.7. The van der Waals surface area contributed by atoms with Crippen LogP contribution in [0, 0.1) is 0 Å². The Morgan fingerprint density at radius 1 is 1.29 bits per heavy atom. The molecular weight excluding hydrogens is 326 g/mol. The summed E-state index contributed by atoms with van der Waals surface area (Å²) in [4.78, 5) is 9.65. The molecule has 0 spiro atoms. The van der Waals surface area contributed by atoms with Crippen LogP contribution in [0.4, 0.5) is 0 Å². The van der Waals surface area contributed by atoms with Crippen LogP contribution in [-0.4, -0.2) is 16.5 Å². The number of hydrogen-bond donors (Lipinski definition) is 1. The maximum atomic E-state index is 4.83. The highest BCUT2D eigenvalue weighted by atomic mass is 79.9. The number of nitrogens with zero attached hydrogens (tertiary/aromatic N) is 2. The molecule has 1 aliphatic rings. The predicted octanol–water partition coefficient (Wildman–Crippen LogP) is 3.43. The monoisotopic (exact) mass is 345 g/mol. The minimum atomic E-state index is 0.802. The second kappa shape index (κ2) is 6.67. The molecule has 0 unspecified atom stereocenters. The van der Waals surface area contributed by atoms with E-state index in [4.69, 9.17) is 9.97 Å². The van der Waals surface area contributed by atoms with Gasteiger partial charge in [-0.3, -0.25) is 0 Å². The fraction of sp³-hybridized carbons (Fsp3) is 0.412. The number of benzene rings is 1. The largest absolute Gasteiger partial charge is 0.312 e. The van der Waals surface area contributed by atoms with Crippen molar-refractivity contribution in [2.45, 2.75) is 39.2 Å². The molecule has 1 aliphatic heterocycles. The Hall–Kier alpha value is -1.26. The lowest BCUT2D eigenvalue weighted by Gasteiger charge is -2.20. The lowest BCUT2D eigenvalue weighted by molar-refractivity contribution is 0.608. The van der Waals surface area contributed by atoms with E-state index in [2.05, 4.69) is 46.4 Å². The van der Waals surface area contributed by atoms with Crippen molar-refractivity contribution in [3.05, 3.63) is 57.1 Å². The number of aromatic nitrogens is 2. The molecule has 0 radical (unpaired) electrons. The zero-order valence-electron chi connectivity index (χ0n) is 12.3. The maximum absolute atomic E-state index is 4.83. The number of fused-ring (bicyclic) bond motifs is 1. The summed E-state index contributed by atoms with van der Waals surface area (Å²) in [5.74, 6) is 0.956. The van der Waals surface area contributed by atoms with Crippen molar-refractivity contribution < 1.29 is 0 Å². The van der Waals surface area contributed by atoms with Crippen LogP contribution in [0.2, 0.25) is 0 Å². The van der Waals surface area contributed by atoms with Gasteiger partial charge >= 0.3 is 0 Å². The van der Waals surface area contributed by atoms with Gasteiger partial charge in [-0.05, 0) is 24.1 Å². The smallest absolute Gasteiger partial charge is 0.133 e. The first kappa shape index (κ1) is 14.7. The van der Waals surface area contributed by atoms with Crippen molar-refractivity contribution >= 4 is 15.9 Å². The summed E-state index contributed by atoms with van der Waals surface area (Å²) in [5.41, 5.74) is 5.07. The van der Waals surface area contributed by atoms with Crippen LogP contribution in [0.15, 0.2) is 28.7 Å². The van der Waals surface area contributed by atoms with Gasteiger partial charge in [0.2, 0.25) is 0 Å². The van der Waals surface area contributed by atoms with Crippen LogP contribution < -0.4 is 5.32 Å². The molecule has 0 saturated heterocycles. The Labute approximate surface area is 134 Å². The van der Waals surface area contributed by atoms with Gasteiger partial charge in [0.05, 0.1) is 5.69 Å². The quantitative estimate of drug-likeness (QED) is 0.922. The summed E-state index contributed by atoms with van der Waals surface area (Å²) in [5, 5.41) is 3.43. The highest BCUT2D eigenvalue weighted by Gasteiger charge is 2.17. The van der Waals surface area contributed by atoms with Gasteiger partial charge in [0.25, 0.3) is 0 Å². The van der Waals surface area contributed by atoms with Crippen LogP contribution >= 0.6 is 15.9 Å². The van der Waals surface area contributed by atoms with Gasteiger partial charge in [-0.25, -0.2) is 9.97 Å². The van der Waals surface area contributed by atoms with Crippen molar-refractivity contribution in [2.24, 2.45) is 0 Å². The Kier molecular flexibility index (Phi) is 4.66. The van der Waals surface area contributed by atoms with Gasteiger partial charge in [-0.2, -0.15) is 0 Å². The van der Waals surface area contributed by atoms with E-state index in [0.717, 1.165) is 49.1 Å². The van der Waals surface area contributed by atoms with E-state index in [0.29, 0.717) is 0 Å². The van der Waals surface area contributed by atoms with Gasteiger partial charge in [0, 0.05) is 41.7 Å². The van der Waals surface area contributed by atoms with Crippen molar-refractivity contribution in [3.63, 3.8) is 0 Å². The van der Waals surface area contributed by atoms with E-state index in [-0.39, 0.29) is 0 Å². The third-order valence-electron chi connectivity index (χ3n) is 3.80. The van der Waals surface area contributed by atoms with Crippen molar-refractivity contribution in [2.75, 3.05) is 6.54 Å². The molecule has 110 valence electrons. The molecule has 3 nitrogen and oxygen atoms in total. The first-order valence-electron chi connectivity index (χ1n) is 7.59. The van der Waals surface area contributed by atoms with Gasteiger partial charge < -0.3 is 5.32 Å². The molecule has 2 heterocycles. The highest BCUT2D eigenvalue weighted by molar-refractivity contribution is 9.10. The molecular formula is C17H20BrN3. The summed E-state index contributed by atoms with van der Waals surface area (Å²) in [6.45, 7) is 4.15. The number of hydrogen-bond acceptors (Lipinski definition) is 3. The normalized spacial score (nSPS) is 14.0. The van der Waals surface area contributed by atoms with Crippen LogP contribution in [-0.2, 0) is 25.8 Å². The number of aryl methyl sites for hydroxylation is 1. The second-order valence-electron chi connectivity index (χ2n) is 5.50. The number of halogens is 1. The maximum Gasteiger partial charge on any atom is 0.133 e. The SMILES string of the molecule is CCCc1nc(Cc2cccc(Br)c2)nc2c1CNCC2. The van der Waals surface area contributed by atoms with Crippen LogP contribution in [0.1, 0.15) is 41.7 Å². The fourth-order valence-electron chi connectivity index (χ4n) is 2.82. The average molecular weight is 346 g/mol. The molecule has 0 atom stereocenters. The molecule has 21 heavy (non-hydrogen) atoms. The van der Waals surface area contributed by atoms with Gasteiger partial charge in [0.15, 0.2) is 0 Å². The second-order valence-corrected chi connectivity index (χ2v) is 6.41. The molecule has 4 heteroatoms. The third-order valence-corrected chi connectivity index (χ3v) is 4.30. The third kappa shape index (κ3) is 3.50. The molecule has 2 aromatic rings. The zero-order valence-corrected chi connectivity index (χ0v) is 13.9. The minimum Gasteiger partial charge on any atom is -0.312 e. The van der Waals surface area contributed by atoms with E-state index in [1.807, 2.05) is 6.07 Å². The molecule has 1 N–H and O–H groups in total. The van der Waals surface area contributed by atoms with Crippen LogP contribution in [0.5, 0.6) is 0 Å². The summed E-state index contributed by atoms with van der Waals surface area (Å²) < 4.78 is 1.11. The van der Waals surface area contributed by atoms with E-state index < -0.39 is 0 Å². The molecule has 1 aromatic heterocycles. The average Bonchev–Trinajstić information content (AvgIpc) is 2.47. The van der Waals surface area contributed by atoms with E-state index in [1.54, 1.807) is 0 Å². The van der Waals surface area contributed by atoms with Crippen LogP contribution in [0.25, 0.3) is 0 Å². The number of rotatable bonds is 4. The summed E-state index contributed by atoms with van der Waals surface area (Å²) in [6.07, 6.45) is 3.98. The molecule has 0 fully saturated rings. The van der Waals surface area contributed by atoms with Gasteiger partial charge in [-0.1, -0.05) is 41.4 Å². The molecule has 0 aliphatic carbocycles. The molecule has 3 rings (SSSR count). The Bertz CT molecular complexity index is 640. The molecule has 1 aromatic carbocycles. The Balaban J connectivity index is 1.93. The fourth-order valence-corrected chi connectivity index (χ4v) is 3.27. The first-order valence-corrected chi connectivity index (χ1v) is 8.38. The number of nitrogens with one attached hydrogen (secondary N) is 1. The van der Waals surface area contributed by atoms with Crippen molar-refractivity contribution in [1.29, 1.82) is 0 Å².